The molecule has 0 bridgehead atoms. The van der Waals surface area contributed by atoms with E-state index in [4.69, 9.17) is 0 Å². The van der Waals surface area contributed by atoms with Gasteiger partial charge in [-0.15, -0.1) is 11.3 Å². The molecule has 15 nitrogen and oxygen atoms in total. The van der Waals surface area contributed by atoms with Crippen LogP contribution in [0.5, 0.6) is 5.75 Å². The number of anilines is 2. The van der Waals surface area contributed by atoms with Gasteiger partial charge in [0, 0.05) is 98.8 Å². The molecule has 5 aliphatic rings. The van der Waals surface area contributed by atoms with Crippen molar-refractivity contribution in [1.29, 1.82) is 0 Å². The lowest BCUT2D eigenvalue weighted by Gasteiger charge is -2.43. The number of thiazole rings is 1. The molecule has 1 aromatic heterocycles. The normalized spacial score (nSPS) is 19.7. The highest BCUT2D eigenvalue weighted by molar-refractivity contribution is 7.13. The summed E-state index contributed by atoms with van der Waals surface area (Å²) in [4.78, 5) is 77.5. The van der Waals surface area contributed by atoms with E-state index in [2.05, 4.69) is 36.4 Å². The van der Waals surface area contributed by atoms with Gasteiger partial charge in [0.05, 0.1) is 13.1 Å². The highest BCUT2D eigenvalue weighted by Gasteiger charge is 2.40. The molecule has 3 aromatic carbocycles. The van der Waals surface area contributed by atoms with Crippen LogP contribution in [0, 0.1) is 5.82 Å². The average Bonchev–Trinajstić information content (AvgIpc) is 3.94. The molecule has 9 rings (SSSR count). The van der Waals surface area contributed by atoms with Crippen LogP contribution in [0.2, 0.25) is 0 Å². The minimum absolute atomic E-state index is 0.00198. The molecule has 58 heavy (non-hydrogen) atoms. The third-order valence-electron chi connectivity index (χ3n) is 11.9. The van der Waals surface area contributed by atoms with Crippen LogP contribution in [0.25, 0.3) is 0 Å². The average molecular weight is 808 g/mol. The largest absolute Gasteiger partial charge is 0.508 e. The number of carbonyl (C=O) groups excluding carboxylic acids is 5. The van der Waals surface area contributed by atoms with Gasteiger partial charge >= 0.3 is 6.03 Å². The van der Waals surface area contributed by atoms with Crippen molar-refractivity contribution in [2.75, 3.05) is 56.0 Å². The first-order chi connectivity index (χ1) is 28.1. The third kappa shape index (κ3) is 7.24. The highest BCUT2D eigenvalue weighted by Crippen LogP contribution is 2.38. The number of piperidine rings is 1. The van der Waals surface area contributed by atoms with Gasteiger partial charge in [-0.1, -0.05) is 18.2 Å². The van der Waals surface area contributed by atoms with Crippen molar-refractivity contribution in [3.63, 3.8) is 0 Å². The minimum atomic E-state index is -1.28. The molecule has 5 aliphatic heterocycles. The Morgan fingerprint density at radius 1 is 0.879 bits per heavy atom. The summed E-state index contributed by atoms with van der Waals surface area (Å²) in [5.41, 5.74) is 4.75. The first kappa shape index (κ1) is 37.7. The maximum absolute atomic E-state index is 14.4. The third-order valence-corrected chi connectivity index (χ3v) is 12.6. The van der Waals surface area contributed by atoms with E-state index in [1.807, 2.05) is 30.3 Å². The van der Waals surface area contributed by atoms with Gasteiger partial charge in [-0.05, 0) is 65.9 Å². The summed E-state index contributed by atoms with van der Waals surface area (Å²) in [5.74, 6) is -2.45. The monoisotopic (exact) mass is 807 g/mol. The molecule has 0 saturated carbocycles. The van der Waals surface area contributed by atoms with E-state index >= 15 is 0 Å². The van der Waals surface area contributed by atoms with E-state index in [-0.39, 0.29) is 48.5 Å². The van der Waals surface area contributed by atoms with Crippen LogP contribution in [0.1, 0.15) is 68.3 Å². The number of phenols is 1. The number of benzene rings is 3. The Morgan fingerprint density at radius 2 is 1.69 bits per heavy atom. The Morgan fingerprint density at radius 3 is 2.45 bits per heavy atom. The summed E-state index contributed by atoms with van der Waals surface area (Å²) < 4.78 is 14.4. The van der Waals surface area contributed by atoms with Crippen LogP contribution in [0.3, 0.4) is 0 Å². The van der Waals surface area contributed by atoms with Crippen LogP contribution >= 0.6 is 11.3 Å². The number of aromatic nitrogens is 1. The maximum Gasteiger partial charge on any atom is 0.342 e. The lowest BCUT2D eigenvalue weighted by atomic mass is 10.0. The van der Waals surface area contributed by atoms with Crippen molar-refractivity contribution in [3.8, 4) is 5.75 Å². The lowest BCUT2D eigenvalue weighted by molar-refractivity contribution is -0.123. The van der Waals surface area contributed by atoms with Crippen molar-refractivity contribution in [1.82, 2.24) is 35.0 Å². The second-order valence-corrected chi connectivity index (χ2v) is 16.2. The molecule has 3 fully saturated rings. The number of hydrogen-bond donors (Lipinski definition) is 3. The van der Waals surface area contributed by atoms with Crippen LogP contribution in [-0.4, -0.2) is 116 Å². The quantitative estimate of drug-likeness (QED) is 0.226. The molecule has 6 heterocycles. The van der Waals surface area contributed by atoms with Gasteiger partial charge < -0.3 is 14.9 Å². The summed E-state index contributed by atoms with van der Waals surface area (Å²) >= 11 is 1.22. The first-order valence-electron chi connectivity index (χ1n) is 19.5. The van der Waals surface area contributed by atoms with Crippen molar-refractivity contribution < 1.29 is 33.5 Å². The number of phenolic OH excluding ortho intramolecular Hbond substituents is 1. The van der Waals surface area contributed by atoms with Crippen molar-refractivity contribution in [2.24, 2.45) is 0 Å². The molecule has 0 spiro atoms. The summed E-state index contributed by atoms with van der Waals surface area (Å²) in [6.07, 6.45) is 3.66. The Balaban J connectivity index is 0.790. The standard InChI is InChI=1S/C41H42FN9O6S/c42-28-3-6-34(52)33(20-28)36(37(54)45-40-43-10-18-58-40)49-23-26-2-4-30(21-32(26)38(49)55)47-11-7-29(8-12-47)48-16-14-46(15-17-48)22-25-1-5-31-27(19-25)24-51(39(31)56)50-13-9-35(53)44-41(50)57/h1-6,10,18-21,29,36,52H,7-9,11-17,22-24H2,(H,43,45,54)(H,44,53,57). The number of amides is 6. The zero-order valence-electron chi connectivity index (χ0n) is 31.6. The van der Waals surface area contributed by atoms with Crippen LogP contribution in [-0.2, 0) is 29.2 Å². The Kier molecular flexibility index (Phi) is 10.0. The predicted octanol–water partition coefficient (Wildman–Crippen LogP) is 3.92. The van der Waals surface area contributed by atoms with E-state index in [1.165, 1.54) is 32.3 Å². The number of nitrogens with one attached hydrogen (secondary N) is 2. The van der Waals surface area contributed by atoms with Crippen molar-refractivity contribution in [2.45, 2.75) is 51.0 Å². The maximum atomic E-state index is 14.4. The zero-order chi connectivity index (χ0) is 40.1. The number of nitrogens with zero attached hydrogens (tertiary/aromatic N) is 7. The van der Waals surface area contributed by atoms with E-state index in [9.17, 15) is 33.5 Å². The number of halogens is 1. The molecule has 4 aromatic rings. The van der Waals surface area contributed by atoms with Crippen LogP contribution in [0.4, 0.5) is 20.0 Å². The number of urea groups is 1. The predicted molar refractivity (Wildman–Crippen MR) is 211 cm³/mol. The summed E-state index contributed by atoms with van der Waals surface area (Å²) in [5, 5.41) is 20.5. The summed E-state index contributed by atoms with van der Waals surface area (Å²) in [7, 11) is 0. The molecule has 300 valence electrons. The zero-order valence-corrected chi connectivity index (χ0v) is 32.4. The highest BCUT2D eigenvalue weighted by atomic mass is 32.1. The number of hydrazine groups is 1. The number of rotatable bonds is 9. The Bertz CT molecular complexity index is 2290. The van der Waals surface area contributed by atoms with Crippen LogP contribution < -0.4 is 15.5 Å². The Labute approximate surface area is 337 Å². The summed E-state index contributed by atoms with van der Waals surface area (Å²) in [6, 6.07) is 13.7. The second-order valence-electron chi connectivity index (χ2n) is 15.3. The number of imide groups is 1. The molecule has 3 N–H and O–H groups in total. The number of piperazine rings is 1. The molecule has 17 heteroatoms. The smallest absolute Gasteiger partial charge is 0.342 e. The lowest BCUT2D eigenvalue weighted by Crippen LogP contribution is -2.56. The topological polar surface area (TPSA) is 162 Å². The molecule has 0 radical (unpaired) electrons. The van der Waals surface area contributed by atoms with E-state index < -0.39 is 23.8 Å². The van der Waals surface area contributed by atoms with Gasteiger partial charge in [-0.3, -0.25) is 39.6 Å². The van der Waals surface area contributed by atoms with Gasteiger partial charge in [0.25, 0.3) is 17.7 Å². The van der Waals surface area contributed by atoms with Gasteiger partial charge in [-0.25, -0.2) is 24.2 Å². The molecular weight excluding hydrogens is 766 g/mol. The molecule has 1 atom stereocenters. The molecule has 3 saturated heterocycles. The van der Waals surface area contributed by atoms with Crippen molar-refractivity contribution >= 4 is 51.8 Å². The Hall–Kier alpha value is -5.91. The van der Waals surface area contributed by atoms with Crippen LogP contribution in [0.15, 0.2) is 66.2 Å². The number of carbonyl (C=O) groups is 5. The SMILES string of the molecule is O=C1CCN(N2Cc3cc(CN4CCN(C5CCN(c6ccc7c(c6)C(=O)N(C(C(=O)Nc6nccs6)c6cc(F)ccc6O)C7)CC5)CC4)ccc3C2=O)C(=O)N1. The van der Waals surface area contributed by atoms with Crippen molar-refractivity contribution in [3.05, 3.63) is 105 Å². The van der Waals surface area contributed by atoms with Gasteiger partial charge in [0.2, 0.25) is 5.91 Å². The van der Waals surface area contributed by atoms with E-state index in [0.29, 0.717) is 28.8 Å². The first-order valence-corrected chi connectivity index (χ1v) is 20.4. The van der Waals surface area contributed by atoms with Gasteiger partial charge in [-0.2, -0.15) is 0 Å². The van der Waals surface area contributed by atoms with E-state index in [0.717, 1.165) is 93.2 Å². The number of aromatic hydroxyl groups is 1. The molecule has 1 unspecified atom stereocenters. The molecule has 0 aliphatic carbocycles. The number of fused-ring (bicyclic) bond motifs is 2. The van der Waals surface area contributed by atoms with Gasteiger partial charge in [0.1, 0.15) is 17.6 Å². The van der Waals surface area contributed by atoms with Gasteiger partial charge in [0.15, 0.2) is 5.13 Å². The fraction of sp³-hybridized carbons (Fsp3) is 0.366. The molecular formula is C41H42FN9O6S. The van der Waals surface area contributed by atoms with E-state index in [1.54, 1.807) is 11.6 Å². The fourth-order valence-electron chi connectivity index (χ4n) is 8.84. The summed E-state index contributed by atoms with van der Waals surface area (Å²) in [6.45, 7) is 6.78. The number of hydrogen-bond acceptors (Lipinski definition) is 11. The molecule has 6 amide bonds. The fourth-order valence-corrected chi connectivity index (χ4v) is 9.37. The minimum Gasteiger partial charge on any atom is -0.508 e. The second kappa shape index (κ2) is 15.4.